The minimum Gasteiger partial charge on any atom is -0.492 e. The number of fused-ring (bicyclic) bond motifs is 1. The molecule has 0 spiro atoms. The molecule has 7 nitrogen and oxygen atoms in total. The zero-order chi connectivity index (χ0) is 26.4. The molecule has 1 unspecified atom stereocenters. The number of thioether (sulfide) groups is 1. The summed E-state index contributed by atoms with van der Waals surface area (Å²) in [5, 5.41) is 23.6. The van der Waals surface area contributed by atoms with Crippen LogP contribution in [-0.2, 0) is 30.6 Å². The normalized spacial score (nSPS) is 14.6. The third-order valence-electron chi connectivity index (χ3n) is 6.01. The van der Waals surface area contributed by atoms with E-state index in [0.717, 1.165) is 30.7 Å². The van der Waals surface area contributed by atoms with Gasteiger partial charge in [-0.1, -0.05) is 48.0 Å². The molecule has 1 amide bonds. The number of ether oxygens (including phenoxy) is 1. The Hall–Kier alpha value is -2.51. The lowest BCUT2D eigenvalue weighted by Crippen LogP contribution is -2.15. The minimum atomic E-state index is -0.170. The summed E-state index contributed by atoms with van der Waals surface area (Å²) in [5.74, 6) is 1.97. The fourth-order valence-electron chi connectivity index (χ4n) is 4.18. The standard InChI is InChI=1S/C26H27Cl2N5O2S2/c1-3-10-33-23(5-4-11-35-21-9-7-17(27)13-20(21)28)31-32-26(33)36-15-24(34)30-25-19(14-29)18-8-6-16(2)12-22(18)37-25/h3,7,9,13,16H,1,4-6,8,10-12,15H2,2H3,(H,30,34). The van der Waals surface area contributed by atoms with Gasteiger partial charge < -0.3 is 14.6 Å². The van der Waals surface area contributed by atoms with Crippen molar-refractivity contribution >= 4 is 57.2 Å². The fourth-order valence-corrected chi connectivity index (χ4v) is 6.78. The van der Waals surface area contributed by atoms with Crippen molar-refractivity contribution in [2.45, 2.75) is 50.7 Å². The third kappa shape index (κ3) is 6.88. The van der Waals surface area contributed by atoms with E-state index in [4.69, 9.17) is 27.9 Å². The maximum Gasteiger partial charge on any atom is 0.235 e. The van der Waals surface area contributed by atoms with Gasteiger partial charge in [-0.25, -0.2) is 0 Å². The predicted octanol–water partition coefficient (Wildman–Crippen LogP) is 6.57. The van der Waals surface area contributed by atoms with E-state index in [2.05, 4.69) is 35.1 Å². The Kier molecular flexibility index (Phi) is 9.54. The van der Waals surface area contributed by atoms with E-state index in [1.54, 1.807) is 24.3 Å². The second-order valence-corrected chi connectivity index (χ2v) is 11.7. The zero-order valence-corrected chi connectivity index (χ0v) is 23.6. The molecule has 1 aliphatic rings. The summed E-state index contributed by atoms with van der Waals surface area (Å²) in [7, 11) is 0. The van der Waals surface area contributed by atoms with Gasteiger partial charge in [0.05, 0.1) is 22.9 Å². The number of rotatable bonds is 11. The quantitative estimate of drug-likeness (QED) is 0.158. The fraction of sp³-hybridized carbons (Fsp3) is 0.385. The van der Waals surface area contributed by atoms with Crippen molar-refractivity contribution in [3.8, 4) is 11.8 Å². The first-order chi connectivity index (χ1) is 17.9. The molecule has 1 aromatic carbocycles. The topological polar surface area (TPSA) is 92.8 Å². The maximum atomic E-state index is 12.8. The van der Waals surface area contributed by atoms with Gasteiger partial charge in [0.15, 0.2) is 5.16 Å². The van der Waals surface area contributed by atoms with Gasteiger partial charge in [-0.2, -0.15) is 5.26 Å². The van der Waals surface area contributed by atoms with Crippen LogP contribution in [0.25, 0.3) is 0 Å². The Labute approximate surface area is 234 Å². The number of aryl methyl sites for hydroxylation is 1. The molecule has 0 fully saturated rings. The molecular weight excluding hydrogens is 549 g/mol. The van der Waals surface area contributed by atoms with E-state index in [1.807, 2.05) is 4.57 Å². The van der Waals surface area contributed by atoms with Gasteiger partial charge in [-0.3, -0.25) is 4.79 Å². The number of allylic oxidation sites excluding steroid dienone is 1. The van der Waals surface area contributed by atoms with Crippen LogP contribution in [-0.4, -0.2) is 33.0 Å². The first kappa shape index (κ1) is 27.5. The lowest BCUT2D eigenvalue weighted by atomic mass is 9.89. The van der Waals surface area contributed by atoms with Crippen molar-refractivity contribution in [3.05, 3.63) is 62.7 Å². The third-order valence-corrected chi connectivity index (χ3v) is 8.68. The number of amides is 1. The summed E-state index contributed by atoms with van der Waals surface area (Å²) in [6, 6.07) is 7.42. The molecule has 37 heavy (non-hydrogen) atoms. The number of halogens is 2. The summed E-state index contributed by atoms with van der Waals surface area (Å²) >= 11 is 14.9. The number of nitriles is 1. The second kappa shape index (κ2) is 12.8. The maximum absolute atomic E-state index is 12.8. The zero-order valence-electron chi connectivity index (χ0n) is 20.4. The van der Waals surface area contributed by atoms with Gasteiger partial charge in [0.2, 0.25) is 5.91 Å². The van der Waals surface area contributed by atoms with Crippen LogP contribution in [0.1, 0.15) is 41.6 Å². The van der Waals surface area contributed by atoms with E-state index < -0.39 is 0 Å². The number of thiophene rings is 1. The molecule has 2 aromatic heterocycles. The molecule has 1 aliphatic carbocycles. The molecule has 0 radical (unpaired) electrons. The Morgan fingerprint density at radius 3 is 3.03 bits per heavy atom. The second-order valence-electron chi connectivity index (χ2n) is 8.83. The molecule has 3 aromatic rings. The predicted molar refractivity (Wildman–Crippen MR) is 150 cm³/mol. The molecule has 0 saturated heterocycles. The number of anilines is 1. The molecule has 0 bridgehead atoms. The van der Waals surface area contributed by atoms with Gasteiger partial charge >= 0.3 is 0 Å². The van der Waals surface area contributed by atoms with Crippen molar-refractivity contribution in [2.75, 3.05) is 17.7 Å². The highest BCUT2D eigenvalue weighted by molar-refractivity contribution is 7.99. The minimum absolute atomic E-state index is 0.164. The van der Waals surface area contributed by atoms with Crippen molar-refractivity contribution in [1.29, 1.82) is 5.26 Å². The van der Waals surface area contributed by atoms with Crippen LogP contribution in [0.15, 0.2) is 36.0 Å². The highest BCUT2D eigenvalue weighted by Gasteiger charge is 2.25. The van der Waals surface area contributed by atoms with Crippen molar-refractivity contribution in [2.24, 2.45) is 5.92 Å². The lowest BCUT2D eigenvalue weighted by Gasteiger charge is -2.17. The lowest BCUT2D eigenvalue weighted by molar-refractivity contribution is -0.113. The van der Waals surface area contributed by atoms with Crippen molar-refractivity contribution < 1.29 is 9.53 Å². The van der Waals surface area contributed by atoms with E-state index in [9.17, 15) is 10.1 Å². The molecule has 0 saturated carbocycles. The van der Waals surface area contributed by atoms with Crippen LogP contribution in [0.2, 0.25) is 10.0 Å². The number of hydrogen-bond donors (Lipinski definition) is 1. The van der Waals surface area contributed by atoms with Gasteiger partial charge in [0.1, 0.15) is 22.6 Å². The molecule has 1 N–H and O–H groups in total. The average molecular weight is 577 g/mol. The number of nitrogens with zero attached hydrogens (tertiary/aromatic N) is 4. The molecular formula is C26H27Cl2N5O2S2. The van der Waals surface area contributed by atoms with Crippen LogP contribution in [0.4, 0.5) is 5.00 Å². The van der Waals surface area contributed by atoms with Gasteiger partial charge in [0, 0.05) is 22.9 Å². The number of benzene rings is 1. The SMILES string of the molecule is C=CCn1c(CCCOc2ccc(Cl)cc2Cl)nnc1SCC(=O)Nc1sc2c(c1C#N)CCC(C)C2. The van der Waals surface area contributed by atoms with Crippen LogP contribution < -0.4 is 10.1 Å². The highest BCUT2D eigenvalue weighted by Crippen LogP contribution is 2.39. The Morgan fingerprint density at radius 1 is 1.43 bits per heavy atom. The summed E-state index contributed by atoms with van der Waals surface area (Å²) in [5.41, 5.74) is 1.72. The Balaban J connectivity index is 1.32. The van der Waals surface area contributed by atoms with Crippen molar-refractivity contribution in [1.82, 2.24) is 14.8 Å². The van der Waals surface area contributed by atoms with E-state index >= 15 is 0 Å². The first-order valence-electron chi connectivity index (χ1n) is 12.0. The Bertz CT molecular complexity index is 1330. The molecule has 4 rings (SSSR count). The highest BCUT2D eigenvalue weighted by atomic mass is 35.5. The van der Waals surface area contributed by atoms with Crippen LogP contribution in [0.3, 0.4) is 0 Å². The summed E-state index contributed by atoms with van der Waals surface area (Å²) < 4.78 is 7.71. The van der Waals surface area contributed by atoms with Crippen LogP contribution >= 0.6 is 46.3 Å². The number of carbonyl (C=O) groups is 1. The summed E-state index contributed by atoms with van der Waals surface area (Å²) in [4.78, 5) is 14.0. The van der Waals surface area contributed by atoms with Crippen LogP contribution in [0.5, 0.6) is 5.75 Å². The summed E-state index contributed by atoms with van der Waals surface area (Å²) in [6.07, 6.45) is 6.05. The van der Waals surface area contributed by atoms with Gasteiger partial charge in [-0.15, -0.1) is 28.1 Å². The number of hydrogen-bond acceptors (Lipinski definition) is 7. The number of nitrogens with one attached hydrogen (secondary N) is 1. The molecule has 11 heteroatoms. The van der Waals surface area contributed by atoms with E-state index in [1.165, 1.54) is 28.0 Å². The smallest absolute Gasteiger partial charge is 0.235 e. The molecule has 2 heterocycles. The monoisotopic (exact) mass is 575 g/mol. The largest absolute Gasteiger partial charge is 0.492 e. The first-order valence-corrected chi connectivity index (χ1v) is 14.5. The molecule has 0 aliphatic heterocycles. The van der Waals surface area contributed by atoms with Crippen molar-refractivity contribution in [3.63, 3.8) is 0 Å². The van der Waals surface area contributed by atoms with Gasteiger partial charge in [-0.05, 0) is 55.4 Å². The Morgan fingerprint density at radius 2 is 2.27 bits per heavy atom. The molecule has 1 atom stereocenters. The molecule has 194 valence electrons. The van der Waals surface area contributed by atoms with E-state index in [0.29, 0.717) is 63.4 Å². The van der Waals surface area contributed by atoms with E-state index in [-0.39, 0.29) is 11.7 Å². The summed E-state index contributed by atoms with van der Waals surface area (Å²) in [6.45, 7) is 7.04. The van der Waals surface area contributed by atoms with Crippen LogP contribution in [0, 0.1) is 17.2 Å². The number of aromatic nitrogens is 3. The number of carbonyl (C=O) groups excluding carboxylic acids is 1. The van der Waals surface area contributed by atoms with Gasteiger partial charge in [0.25, 0.3) is 0 Å². The average Bonchev–Trinajstić information content (AvgIpc) is 3.41.